The van der Waals surface area contributed by atoms with Crippen LogP contribution in [0, 0.1) is 56.2 Å². The van der Waals surface area contributed by atoms with Gasteiger partial charge in [-0.25, -0.2) is 0 Å². The summed E-state index contributed by atoms with van der Waals surface area (Å²) >= 11 is 0. The summed E-state index contributed by atoms with van der Waals surface area (Å²) in [5.41, 5.74) is -4.28. The van der Waals surface area contributed by atoms with Crippen molar-refractivity contribution >= 4 is 5.90 Å². The normalized spacial score (nSPS) is 39.0. The second-order valence-electron chi connectivity index (χ2n) is 6.66. The lowest BCUT2D eigenvalue weighted by atomic mass is 9.50. The molecule has 7 heteroatoms. The van der Waals surface area contributed by atoms with E-state index >= 15 is 0 Å². The Morgan fingerprint density at radius 2 is 2.00 bits per heavy atom. The van der Waals surface area contributed by atoms with Crippen LogP contribution in [0.4, 0.5) is 0 Å². The van der Waals surface area contributed by atoms with Crippen molar-refractivity contribution in [2.75, 3.05) is 0 Å². The van der Waals surface area contributed by atoms with Crippen LogP contribution < -0.4 is 5.32 Å². The van der Waals surface area contributed by atoms with Gasteiger partial charge in [0.05, 0.1) is 24.5 Å². The number of furan rings is 1. The van der Waals surface area contributed by atoms with Crippen LogP contribution in [0.1, 0.15) is 37.5 Å². The third-order valence-electron chi connectivity index (χ3n) is 5.82. The summed E-state index contributed by atoms with van der Waals surface area (Å²) in [6, 6.07) is 8.79. The predicted octanol–water partition coefficient (Wildman–Crippen LogP) is 2.36. The van der Waals surface area contributed by atoms with Crippen LogP contribution in [0.3, 0.4) is 0 Å². The molecular formula is C17H15N5O2. The summed E-state index contributed by atoms with van der Waals surface area (Å²) in [5.74, 6) is -0.275. The molecule has 1 aliphatic carbocycles. The molecule has 1 saturated carbocycles. The van der Waals surface area contributed by atoms with Gasteiger partial charge in [0.1, 0.15) is 11.8 Å². The number of ether oxygens (including phenoxy) is 1. The summed E-state index contributed by atoms with van der Waals surface area (Å²) in [4.78, 5) is 0. The number of hydrogen-bond acceptors (Lipinski definition) is 7. The van der Waals surface area contributed by atoms with Crippen LogP contribution in [-0.4, -0.2) is 11.6 Å². The molecule has 1 aromatic rings. The molecule has 7 nitrogen and oxygen atoms in total. The van der Waals surface area contributed by atoms with Gasteiger partial charge in [-0.1, -0.05) is 6.42 Å². The Kier molecular flexibility index (Phi) is 2.83. The Hall–Kier alpha value is -2.82. The number of piperidine rings is 1. The smallest absolute Gasteiger partial charge is 0.206 e. The molecule has 4 unspecified atom stereocenters. The monoisotopic (exact) mass is 321 g/mol. The highest BCUT2D eigenvalue weighted by Gasteiger charge is 2.79. The van der Waals surface area contributed by atoms with E-state index in [2.05, 4.69) is 23.5 Å². The van der Waals surface area contributed by atoms with Crippen LogP contribution in [0.2, 0.25) is 0 Å². The first-order valence-corrected chi connectivity index (χ1v) is 7.93. The molecule has 2 saturated heterocycles. The average molecular weight is 321 g/mol. The molecule has 2 bridgehead atoms. The Balaban J connectivity index is 2.02. The van der Waals surface area contributed by atoms with Crippen molar-refractivity contribution in [1.82, 2.24) is 5.32 Å². The van der Waals surface area contributed by atoms with Gasteiger partial charge in [0, 0.05) is 12.3 Å². The maximum absolute atomic E-state index is 10.1. The van der Waals surface area contributed by atoms with E-state index in [1.165, 1.54) is 6.26 Å². The molecule has 0 radical (unpaired) electrons. The van der Waals surface area contributed by atoms with E-state index in [0.29, 0.717) is 18.6 Å². The minimum atomic E-state index is -1.79. The fraction of sp³-hybridized carbons (Fsp3) is 0.529. The van der Waals surface area contributed by atoms with Gasteiger partial charge < -0.3 is 9.15 Å². The Morgan fingerprint density at radius 1 is 1.21 bits per heavy atom. The molecule has 0 aromatic carbocycles. The van der Waals surface area contributed by atoms with Crippen molar-refractivity contribution in [3.05, 3.63) is 24.2 Å². The molecule has 3 fully saturated rings. The zero-order chi connectivity index (χ0) is 17.0. The lowest BCUT2D eigenvalue weighted by Gasteiger charge is -2.51. The quantitative estimate of drug-likeness (QED) is 0.816. The molecule has 3 heterocycles. The maximum Gasteiger partial charge on any atom is 0.206 e. The number of hydrogen-bond donors (Lipinski definition) is 2. The lowest BCUT2D eigenvalue weighted by molar-refractivity contribution is -0.0977. The van der Waals surface area contributed by atoms with E-state index in [0.717, 1.165) is 12.8 Å². The molecule has 0 amide bonds. The third-order valence-corrected chi connectivity index (χ3v) is 5.82. The van der Waals surface area contributed by atoms with Crippen LogP contribution >= 0.6 is 0 Å². The highest BCUT2D eigenvalue weighted by molar-refractivity contribution is 5.89. The van der Waals surface area contributed by atoms with Gasteiger partial charge in [-0.05, 0) is 25.0 Å². The van der Waals surface area contributed by atoms with Gasteiger partial charge in [0.15, 0.2) is 16.6 Å². The van der Waals surface area contributed by atoms with E-state index in [1.807, 2.05) is 0 Å². The number of nitrogens with zero attached hydrogens (tertiary/aromatic N) is 3. The molecule has 1 aromatic heterocycles. The molecular weight excluding hydrogens is 306 g/mol. The van der Waals surface area contributed by atoms with E-state index in [1.54, 1.807) is 12.1 Å². The minimum Gasteiger partial charge on any atom is -0.468 e. The average Bonchev–Trinajstić information content (AvgIpc) is 3.19. The summed E-state index contributed by atoms with van der Waals surface area (Å²) < 4.78 is 11.3. The maximum atomic E-state index is 10.1. The Bertz CT molecular complexity index is 813. The van der Waals surface area contributed by atoms with Gasteiger partial charge in [-0.2, -0.15) is 15.8 Å². The number of nitrogens with one attached hydrogen (secondary N) is 2. The summed E-state index contributed by atoms with van der Waals surface area (Å²) in [5, 5.41) is 41.7. The van der Waals surface area contributed by atoms with E-state index < -0.39 is 28.5 Å². The topological polar surface area (TPSA) is 130 Å². The van der Waals surface area contributed by atoms with Gasteiger partial charge in [-0.3, -0.25) is 10.7 Å². The Morgan fingerprint density at radius 3 is 2.62 bits per heavy atom. The van der Waals surface area contributed by atoms with E-state index in [4.69, 9.17) is 14.6 Å². The standard InChI is InChI=1S/C17H15N5O2/c18-8-15(9-19)13(11-4-3-7-23-11)22-17-6-2-1-5-12(17)16(15,10-20)14(21)24-17/h3-4,7,12-13,21-22H,1-2,5-6H2. The molecule has 2 aliphatic heterocycles. The highest BCUT2D eigenvalue weighted by Crippen LogP contribution is 2.66. The second kappa shape index (κ2) is 4.60. The van der Waals surface area contributed by atoms with Crippen LogP contribution in [0.5, 0.6) is 0 Å². The van der Waals surface area contributed by atoms with Crippen molar-refractivity contribution in [1.29, 1.82) is 21.2 Å². The van der Waals surface area contributed by atoms with Gasteiger partial charge in [0.2, 0.25) is 5.90 Å². The zero-order valence-corrected chi connectivity index (χ0v) is 12.9. The molecule has 120 valence electrons. The summed E-state index contributed by atoms with van der Waals surface area (Å²) in [6.07, 6.45) is 4.52. The zero-order valence-electron chi connectivity index (χ0n) is 12.9. The van der Waals surface area contributed by atoms with Gasteiger partial charge in [-0.15, -0.1) is 0 Å². The lowest BCUT2D eigenvalue weighted by Crippen LogP contribution is -2.66. The van der Waals surface area contributed by atoms with Crippen molar-refractivity contribution in [3.8, 4) is 18.2 Å². The number of rotatable bonds is 1. The summed E-state index contributed by atoms with van der Waals surface area (Å²) in [6.45, 7) is 0. The largest absolute Gasteiger partial charge is 0.468 e. The fourth-order valence-corrected chi connectivity index (χ4v) is 4.78. The molecule has 4 rings (SSSR count). The summed E-state index contributed by atoms with van der Waals surface area (Å²) in [7, 11) is 0. The molecule has 4 atom stereocenters. The van der Waals surface area contributed by atoms with E-state index in [-0.39, 0.29) is 5.90 Å². The van der Waals surface area contributed by atoms with Crippen molar-refractivity contribution in [2.45, 2.75) is 37.5 Å². The third kappa shape index (κ3) is 1.36. The Labute approximate surface area is 138 Å². The van der Waals surface area contributed by atoms with Crippen LogP contribution in [0.25, 0.3) is 0 Å². The van der Waals surface area contributed by atoms with Gasteiger partial charge >= 0.3 is 0 Å². The molecule has 24 heavy (non-hydrogen) atoms. The first kappa shape index (κ1) is 14.8. The SMILES string of the molecule is N#CC1(C#N)C(c2ccco2)NC23CCCCC2C1(C#N)C(=N)O3. The van der Waals surface area contributed by atoms with Crippen molar-refractivity contribution in [2.24, 2.45) is 16.7 Å². The van der Waals surface area contributed by atoms with Crippen molar-refractivity contribution in [3.63, 3.8) is 0 Å². The van der Waals surface area contributed by atoms with Gasteiger partial charge in [0.25, 0.3) is 0 Å². The highest BCUT2D eigenvalue weighted by atomic mass is 16.5. The molecule has 2 N–H and O–H groups in total. The minimum absolute atomic E-state index is 0.276. The second-order valence-corrected chi connectivity index (χ2v) is 6.66. The fourth-order valence-electron chi connectivity index (χ4n) is 4.78. The van der Waals surface area contributed by atoms with Crippen molar-refractivity contribution < 1.29 is 9.15 Å². The predicted molar refractivity (Wildman–Crippen MR) is 79.8 cm³/mol. The van der Waals surface area contributed by atoms with Crippen LogP contribution in [-0.2, 0) is 4.74 Å². The number of nitriles is 3. The first-order chi connectivity index (χ1) is 11.6. The first-order valence-electron chi connectivity index (χ1n) is 7.93. The molecule has 3 aliphatic rings. The molecule has 0 spiro atoms. The van der Waals surface area contributed by atoms with Crippen LogP contribution in [0.15, 0.2) is 22.8 Å². The van der Waals surface area contributed by atoms with E-state index in [9.17, 15) is 15.8 Å².